The highest BCUT2D eigenvalue weighted by Gasteiger charge is 2.55. The summed E-state index contributed by atoms with van der Waals surface area (Å²) < 4.78 is 2.64. The molecule has 0 amide bonds. The van der Waals surface area contributed by atoms with E-state index in [4.69, 9.17) is 4.99 Å². The fourth-order valence-corrected chi connectivity index (χ4v) is 10.7. The lowest BCUT2D eigenvalue weighted by Gasteiger charge is -2.53. The molecular weight excluding hydrogens is 723 g/mol. The lowest BCUT2D eigenvalue weighted by molar-refractivity contribution is -0.0323. The number of nitrogens with zero attached hydrogens (tertiary/aromatic N) is 2. The fourth-order valence-electron chi connectivity index (χ4n) is 9.46. The molecule has 0 bridgehead atoms. The molecule has 0 saturated carbocycles. The van der Waals surface area contributed by atoms with Gasteiger partial charge < -0.3 is 5.32 Å². The molecule has 1 aromatic heterocycles. The van der Waals surface area contributed by atoms with Crippen molar-refractivity contribution in [3.8, 4) is 33.4 Å². The second kappa shape index (κ2) is 14.4. The summed E-state index contributed by atoms with van der Waals surface area (Å²) in [6, 6.07) is 73.0. The van der Waals surface area contributed by atoms with Gasteiger partial charge in [-0.15, -0.1) is 11.3 Å². The van der Waals surface area contributed by atoms with Crippen molar-refractivity contribution in [3.05, 3.63) is 217 Å². The molecule has 2 aliphatic rings. The van der Waals surface area contributed by atoms with Gasteiger partial charge in [-0.25, -0.2) is 0 Å². The lowest BCUT2D eigenvalue weighted by atomic mass is 9.74. The summed E-state index contributed by atoms with van der Waals surface area (Å²) in [6.45, 7) is 2.40. The minimum Gasteiger partial charge on any atom is -0.355 e. The van der Waals surface area contributed by atoms with Gasteiger partial charge in [0.2, 0.25) is 0 Å². The van der Waals surface area contributed by atoms with Crippen LogP contribution in [-0.4, -0.2) is 16.7 Å². The molecule has 4 heteroatoms. The van der Waals surface area contributed by atoms with E-state index in [2.05, 4.69) is 217 Å². The second-order valence-electron chi connectivity index (χ2n) is 15.6. The minimum absolute atomic E-state index is 0.0837. The van der Waals surface area contributed by atoms with Gasteiger partial charge >= 0.3 is 0 Å². The van der Waals surface area contributed by atoms with Crippen LogP contribution in [0.5, 0.6) is 0 Å². The molecule has 0 aliphatic carbocycles. The molecule has 1 N–H and O–H groups in total. The number of hydrogen-bond donors (Lipinski definition) is 1. The Morgan fingerprint density at radius 1 is 0.483 bits per heavy atom. The Balaban J connectivity index is 0.970. The summed E-state index contributed by atoms with van der Waals surface area (Å²) in [6.07, 6.45) is -0.0837. The van der Waals surface area contributed by atoms with Crippen LogP contribution in [0.2, 0.25) is 0 Å². The molecule has 4 unspecified atom stereocenters. The van der Waals surface area contributed by atoms with Gasteiger partial charge in [0, 0.05) is 43.2 Å². The van der Waals surface area contributed by atoms with E-state index in [0.717, 1.165) is 11.4 Å². The fraction of sp³-hybridized carbons (Fsp3) is 0.0926. The van der Waals surface area contributed by atoms with Gasteiger partial charge in [-0.2, -0.15) is 0 Å². The topological polar surface area (TPSA) is 27.6 Å². The van der Waals surface area contributed by atoms with Gasteiger partial charge in [-0.3, -0.25) is 9.89 Å². The zero-order chi connectivity index (χ0) is 38.6. The van der Waals surface area contributed by atoms with E-state index < -0.39 is 0 Å². The number of fused-ring (bicyclic) bond motifs is 4. The first-order valence-electron chi connectivity index (χ1n) is 20.2. The number of hydrogen-bond acceptors (Lipinski definition) is 4. The number of rotatable bonds is 8. The zero-order valence-corrected chi connectivity index (χ0v) is 33.0. The standard InChI is InChI=1S/C54H41N3S/c1-35-51(57-52(35)50(38-20-9-4-10-21-38)56-54(57)42-24-13-22-39(32-42)36-16-5-2-6-17-36)41-23-14-25-43(33-41)55-48-34-40(30-31-44(48)37-18-7-3-8-19-37)45-27-15-28-47-46-26-11-12-29-49(46)58-53(45)47/h2-35,51-52,54-55H,1H3. The Morgan fingerprint density at radius 2 is 1.14 bits per heavy atom. The van der Waals surface area contributed by atoms with Crippen molar-refractivity contribution in [2.45, 2.75) is 25.2 Å². The molecule has 0 radical (unpaired) electrons. The van der Waals surface area contributed by atoms with Crippen LogP contribution >= 0.6 is 11.3 Å². The van der Waals surface area contributed by atoms with E-state index in [0.29, 0.717) is 5.92 Å². The molecule has 8 aromatic carbocycles. The number of benzene rings is 8. The van der Waals surface area contributed by atoms with Crippen molar-refractivity contribution in [1.82, 2.24) is 4.90 Å². The van der Waals surface area contributed by atoms with Crippen LogP contribution in [0.1, 0.15) is 35.8 Å². The van der Waals surface area contributed by atoms with E-state index in [1.807, 2.05) is 11.3 Å². The maximum Gasteiger partial charge on any atom is 0.129 e. The number of aliphatic imine (C=N–C) groups is 1. The van der Waals surface area contributed by atoms with Gasteiger partial charge in [-0.05, 0) is 80.8 Å². The summed E-state index contributed by atoms with van der Waals surface area (Å²) in [4.78, 5) is 8.20. The average molecular weight is 764 g/mol. The van der Waals surface area contributed by atoms with Crippen molar-refractivity contribution in [1.29, 1.82) is 0 Å². The molecule has 58 heavy (non-hydrogen) atoms. The quantitative estimate of drug-likeness (QED) is 0.167. The molecule has 3 nitrogen and oxygen atoms in total. The highest BCUT2D eigenvalue weighted by atomic mass is 32.1. The van der Waals surface area contributed by atoms with Crippen molar-refractivity contribution in [2.24, 2.45) is 10.9 Å². The van der Waals surface area contributed by atoms with Crippen LogP contribution in [0.25, 0.3) is 53.6 Å². The van der Waals surface area contributed by atoms with E-state index in [1.165, 1.54) is 76.0 Å². The normalized spacial score (nSPS) is 18.8. The van der Waals surface area contributed by atoms with E-state index in [-0.39, 0.29) is 18.2 Å². The zero-order valence-electron chi connectivity index (χ0n) is 32.2. The Morgan fingerprint density at radius 3 is 1.95 bits per heavy atom. The first kappa shape index (κ1) is 34.6. The lowest BCUT2D eigenvalue weighted by Crippen LogP contribution is -2.58. The minimum atomic E-state index is -0.0837. The Labute approximate surface area is 343 Å². The Hall–Kier alpha value is -6.59. The third-order valence-electron chi connectivity index (χ3n) is 12.2. The van der Waals surface area contributed by atoms with Gasteiger partial charge in [0.15, 0.2) is 0 Å². The predicted molar refractivity (Wildman–Crippen MR) is 245 cm³/mol. The molecule has 2 aliphatic heterocycles. The molecule has 4 atom stereocenters. The van der Waals surface area contributed by atoms with Crippen molar-refractivity contribution >= 4 is 48.6 Å². The molecule has 9 aromatic rings. The molecule has 1 saturated heterocycles. The van der Waals surface area contributed by atoms with E-state index in [1.54, 1.807) is 0 Å². The predicted octanol–water partition coefficient (Wildman–Crippen LogP) is 14.4. The molecule has 1 fully saturated rings. The molecule has 278 valence electrons. The molecule has 11 rings (SSSR count). The van der Waals surface area contributed by atoms with Crippen LogP contribution in [0, 0.1) is 5.92 Å². The third kappa shape index (κ3) is 5.96. The van der Waals surface area contributed by atoms with Crippen LogP contribution in [0.15, 0.2) is 205 Å². The largest absolute Gasteiger partial charge is 0.355 e. The van der Waals surface area contributed by atoms with Gasteiger partial charge in [0.05, 0.1) is 11.8 Å². The van der Waals surface area contributed by atoms with Crippen LogP contribution in [0.4, 0.5) is 11.4 Å². The van der Waals surface area contributed by atoms with Gasteiger partial charge in [-0.1, -0.05) is 177 Å². The first-order valence-corrected chi connectivity index (χ1v) is 21.0. The average Bonchev–Trinajstić information content (AvgIpc) is 3.84. The van der Waals surface area contributed by atoms with Crippen molar-refractivity contribution in [2.75, 3.05) is 5.32 Å². The number of nitrogens with one attached hydrogen (secondary N) is 1. The number of thiophene rings is 1. The second-order valence-corrected chi connectivity index (χ2v) is 16.7. The van der Waals surface area contributed by atoms with Gasteiger partial charge in [0.1, 0.15) is 6.17 Å². The van der Waals surface area contributed by atoms with Crippen LogP contribution in [-0.2, 0) is 0 Å². The summed E-state index contributed by atoms with van der Waals surface area (Å²) >= 11 is 1.88. The van der Waals surface area contributed by atoms with Crippen molar-refractivity contribution < 1.29 is 0 Å². The smallest absolute Gasteiger partial charge is 0.129 e. The van der Waals surface area contributed by atoms with E-state index >= 15 is 0 Å². The molecular formula is C54H41N3S. The monoisotopic (exact) mass is 763 g/mol. The SMILES string of the molecule is CC1C2C(c3ccccc3)=NC(c3cccc(-c4ccccc4)c3)N2C1c1cccc(Nc2cc(-c3cccc4c3sc3ccccc34)ccc2-c2ccccc2)c1. The highest BCUT2D eigenvalue weighted by Crippen LogP contribution is 2.55. The summed E-state index contributed by atoms with van der Waals surface area (Å²) in [7, 11) is 0. The highest BCUT2D eigenvalue weighted by molar-refractivity contribution is 7.26. The Bertz CT molecular complexity index is 2970. The summed E-state index contributed by atoms with van der Waals surface area (Å²) in [5.41, 5.74) is 14.3. The molecule has 0 spiro atoms. The third-order valence-corrected chi connectivity index (χ3v) is 13.4. The summed E-state index contributed by atoms with van der Waals surface area (Å²) in [5, 5.41) is 6.56. The van der Waals surface area contributed by atoms with Crippen LogP contribution in [0.3, 0.4) is 0 Å². The molecule has 3 heterocycles. The van der Waals surface area contributed by atoms with Crippen molar-refractivity contribution in [3.63, 3.8) is 0 Å². The van der Waals surface area contributed by atoms with Gasteiger partial charge in [0.25, 0.3) is 0 Å². The summed E-state index contributed by atoms with van der Waals surface area (Å²) in [5.74, 6) is 0.376. The maximum atomic E-state index is 5.55. The first-order chi connectivity index (χ1) is 28.7. The Kier molecular flexibility index (Phi) is 8.61. The van der Waals surface area contributed by atoms with E-state index in [9.17, 15) is 0 Å². The van der Waals surface area contributed by atoms with Crippen LogP contribution < -0.4 is 5.32 Å². The maximum absolute atomic E-state index is 5.55. The number of anilines is 2.